The zero-order valence-electron chi connectivity index (χ0n) is 15.5. The van der Waals surface area contributed by atoms with Crippen LogP contribution in [0.3, 0.4) is 0 Å². The van der Waals surface area contributed by atoms with Crippen LogP contribution in [0.1, 0.15) is 31.8 Å². The van der Waals surface area contributed by atoms with Crippen molar-refractivity contribution in [3.63, 3.8) is 0 Å². The number of carbonyl (C=O) groups excluding carboxylic acids is 2. The Morgan fingerprint density at radius 3 is 1.27 bits per heavy atom. The number of rotatable bonds is 6. The summed E-state index contributed by atoms with van der Waals surface area (Å²) < 4.78 is 1.93. The molecule has 3 aromatic rings. The highest BCUT2D eigenvalue weighted by molar-refractivity contribution is 9.10. The smallest absolute Gasteiger partial charge is 0.267 e. The Morgan fingerprint density at radius 2 is 0.933 bits per heavy atom. The maximum Gasteiger partial charge on any atom is 0.271 e. The van der Waals surface area contributed by atoms with Crippen LogP contribution in [0.15, 0.2) is 91.9 Å². The van der Waals surface area contributed by atoms with E-state index in [0.29, 0.717) is 11.1 Å². The van der Waals surface area contributed by atoms with Crippen molar-refractivity contribution in [2.24, 2.45) is 10.2 Å². The lowest BCUT2D eigenvalue weighted by atomic mass is 10.1. The first-order chi connectivity index (χ1) is 14.5. The predicted octanol–water partition coefficient (Wildman–Crippen LogP) is 4.74. The highest BCUT2D eigenvalue weighted by atomic mass is 79.9. The van der Waals surface area contributed by atoms with Crippen LogP contribution in [-0.2, 0) is 0 Å². The van der Waals surface area contributed by atoms with Crippen LogP contribution >= 0.6 is 31.9 Å². The number of hydrogen-bond donors (Lipinski definition) is 2. The zero-order valence-corrected chi connectivity index (χ0v) is 18.7. The van der Waals surface area contributed by atoms with Gasteiger partial charge in [-0.15, -0.1) is 0 Å². The molecule has 0 aliphatic heterocycles. The van der Waals surface area contributed by atoms with Gasteiger partial charge in [-0.3, -0.25) is 9.59 Å². The minimum atomic E-state index is -0.372. The molecule has 0 saturated carbocycles. The number of nitrogens with zero attached hydrogens (tertiary/aromatic N) is 2. The van der Waals surface area contributed by atoms with Crippen LogP contribution < -0.4 is 10.9 Å². The van der Waals surface area contributed by atoms with Gasteiger partial charge in [0.05, 0.1) is 12.4 Å². The lowest BCUT2D eigenvalue weighted by Crippen LogP contribution is -2.19. The summed E-state index contributed by atoms with van der Waals surface area (Å²) in [6, 6.07) is 21.2. The van der Waals surface area contributed by atoms with Crippen molar-refractivity contribution in [1.82, 2.24) is 10.9 Å². The van der Waals surface area contributed by atoms with Crippen molar-refractivity contribution < 1.29 is 9.59 Å². The number of hydrogen-bond acceptors (Lipinski definition) is 4. The summed E-state index contributed by atoms with van der Waals surface area (Å²) in [5, 5.41) is 7.88. The van der Waals surface area contributed by atoms with Crippen molar-refractivity contribution in [3.8, 4) is 0 Å². The molecule has 0 spiro atoms. The molecule has 0 unspecified atom stereocenters. The Balaban J connectivity index is 1.53. The molecule has 0 aliphatic rings. The number of carbonyl (C=O) groups is 2. The van der Waals surface area contributed by atoms with E-state index >= 15 is 0 Å². The second kappa shape index (κ2) is 10.6. The van der Waals surface area contributed by atoms with E-state index in [4.69, 9.17) is 0 Å². The summed E-state index contributed by atoms with van der Waals surface area (Å²) in [6.45, 7) is 0. The molecule has 3 aromatic carbocycles. The highest BCUT2D eigenvalue weighted by Gasteiger charge is 2.08. The maximum atomic E-state index is 12.2. The summed E-state index contributed by atoms with van der Waals surface area (Å²) in [4.78, 5) is 24.3. The average Bonchev–Trinajstić information content (AvgIpc) is 2.76. The van der Waals surface area contributed by atoms with E-state index < -0.39 is 0 Å². The molecule has 0 heterocycles. The maximum absolute atomic E-state index is 12.2. The molecule has 2 amide bonds. The summed E-state index contributed by atoms with van der Waals surface area (Å²) in [5.41, 5.74) is 7.40. The molecule has 150 valence electrons. The molecule has 3 rings (SSSR count). The lowest BCUT2D eigenvalue weighted by molar-refractivity contribution is 0.0943. The molecule has 30 heavy (non-hydrogen) atoms. The molecule has 0 aromatic heterocycles. The Kier molecular flexibility index (Phi) is 7.64. The van der Waals surface area contributed by atoms with Gasteiger partial charge in [-0.2, -0.15) is 10.2 Å². The molecule has 0 bridgehead atoms. The van der Waals surface area contributed by atoms with Crippen LogP contribution in [-0.4, -0.2) is 24.2 Å². The molecule has 2 N–H and O–H groups in total. The van der Waals surface area contributed by atoms with E-state index in [9.17, 15) is 9.59 Å². The number of benzene rings is 3. The van der Waals surface area contributed by atoms with Crippen molar-refractivity contribution in [2.75, 3.05) is 0 Å². The van der Waals surface area contributed by atoms with Crippen LogP contribution in [0.2, 0.25) is 0 Å². The third-order valence-electron chi connectivity index (χ3n) is 3.91. The van der Waals surface area contributed by atoms with Gasteiger partial charge in [-0.25, -0.2) is 10.9 Å². The van der Waals surface area contributed by atoms with Crippen molar-refractivity contribution in [2.45, 2.75) is 0 Å². The minimum Gasteiger partial charge on any atom is -0.267 e. The van der Waals surface area contributed by atoms with Crippen LogP contribution in [0.4, 0.5) is 0 Å². The van der Waals surface area contributed by atoms with Gasteiger partial charge in [-0.05, 0) is 59.7 Å². The second-order valence-electron chi connectivity index (χ2n) is 6.08. The van der Waals surface area contributed by atoms with Crippen LogP contribution in [0, 0.1) is 0 Å². The van der Waals surface area contributed by atoms with Crippen LogP contribution in [0.25, 0.3) is 0 Å². The Bertz CT molecular complexity index is 989. The van der Waals surface area contributed by atoms with E-state index in [1.807, 2.05) is 48.5 Å². The molecule has 8 heteroatoms. The molecule has 6 nitrogen and oxygen atoms in total. The first-order valence-electron chi connectivity index (χ1n) is 8.79. The lowest BCUT2D eigenvalue weighted by Gasteiger charge is -2.03. The monoisotopic (exact) mass is 526 g/mol. The molecule has 0 saturated heterocycles. The summed E-state index contributed by atoms with van der Waals surface area (Å²) in [6.07, 6.45) is 3.10. The fraction of sp³-hybridized carbons (Fsp3) is 0. The summed E-state index contributed by atoms with van der Waals surface area (Å²) in [5.74, 6) is -0.743. The second-order valence-corrected chi connectivity index (χ2v) is 7.91. The summed E-state index contributed by atoms with van der Waals surface area (Å²) in [7, 11) is 0. The molecule has 0 radical (unpaired) electrons. The van der Waals surface area contributed by atoms with E-state index in [2.05, 4.69) is 52.9 Å². The van der Waals surface area contributed by atoms with Crippen molar-refractivity contribution in [1.29, 1.82) is 0 Å². The van der Waals surface area contributed by atoms with Gasteiger partial charge in [-0.1, -0.05) is 56.1 Å². The number of hydrazone groups is 2. The Morgan fingerprint density at radius 1 is 0.600 bits per heavy atom. The molecule has 0 aliphatic carbocycles. The fourth-order valence-electron chi connectivity index (χ4n) is 2.33. The largest absolute Gasteiger partial charge is 0.271 e. The fourth-order valence-corrected chi connectivity index (χ4v) is 2.86. The molecule has 0 fully saturated rings. The minimum absolute atomic E-state index is 0.372. The van der Waals surface area contributed by atoms with Gasteiger partial charge in [0.1, 0.15) is 0 Å². The van der Waals surface area contributed by atoms with Gasteiger partial charge in [0.25, 0.3) is 11.8 Å². The average molecular weight is 528 g/mol. The van der Waals surface area contributed by atoms with E-state index in [0.717, 1.165) is 20.1 Å². The topological polar surface area (TPSA) is 82.9 Å². The van der Waals surface area contributed by atoms with E-state index in [1.54, 1.807) is 36.7 Å². The van der Waals surface area contributed by atoms with Crippen LogP contribution in [0.5, 0.6) is 0 Å². The zero-order chi connectivity index (χ0) is 21.3. The third-order valence-corrected chi connectivity index (χ3v) is 4.97. The third kappa shape index (κ3) is 6.47. The normalized spacial score (nSPS) is 11.0. The Hall–Kier alpha value is -3.10. The number of nitrogens with one attached hydrogen (secondary N) is 2. The quantitative estimate of drug-likeness (QED) is 0.358. The number of halogens is 2. The predicted molar refractivity (Wildman–Crippen MR) is 125 cm³/mol. The van der Waals surface area contributed by atoms with Gasteiger partial charge in [0.2, 0.25) is 0 Å². The van der Waals surface area contributed by atoms with Gasteiger partial charge < -0.3 is 0 Å². The molecular formula is C22H16Br2N4O2. The van der Waals surface area contributed by atoms with Gasteiger partial charge in [0.15, 0.2) is 0 Å². The SMILES string of the molecule is O=C(N/N=C/c1ccc(Br)cc1)c1ccc(C(=O)N/N=C/c2ccc(Br)cc2)cc1. The van der Waals surface area contributed by atoms with Crippen molar-refractivity contribution in [3.05, 3.63) is 104 Å². The number of amides is 2. The van der Waals surface area contributed by atoms with E-state index in [-0.39, 0.29) is 11.8 Å². The summed E-state index contributed by atoms with van der Waals surface area (Å²) >= 11 is 6.72. The first kappa shape index (κ1) is 21.6. The van der Waals surface area contributed by atoms with E-state index in [1.165, 1.54) is 0 Å². The first-order valence-corrected chi connectivity index (χ1v) is 10.4. The standard InChI is InChI=1S/C22H16Br2N4O2/c23-19-9-1-15(2-10-19)13-25-27-21(29)17-5-7-18(8-6-17)22(30)28-26-14-16-3-11-20(24)12-4-16/h1-14H,(H,27,29)(H,28,30)/b25-13+,26-14+. The van der Waals surface area contributed by atoms with Gasteiger partial charge in [0, 0.05) is 20.1 Å². The highest BCUT2D eigenvalue weighted by Crippen LogP contribution is 2.10. The Labute approximate surface area is 190 Å². The van der Waals surface area contributed by atoms with Gasteiger partial charge >= 0.3 is 0 Å². The molecular weight excluding hydrogens is 512 g/mol. The van der Waals surface area contributed by atoms with Crippen molar-refractivity contribution >= 4 is 56.1 Å². The molecule has 0 atom stereocenters.